The fourth-order valence-electron chi connectivity index (χ4n) is 3.21. The first-order valence-corrected chi connectivity index (χ1v) is 9.63. The molecule has 12 heteroatoms. The maximum Gasteiger partial charge on any atom is 0.224 e. The van der Waals surface area contributed by atoms with Gasteiger partial charge in [0.2, 0.25) is 5.79 Å². The van der Waals surface area contributed by atoms with Gasteiger partial charge in [-0.15, -0.1) is 0 Å². The van der Waals surface area contributed by atoms with Crippen molar-refractivity contribution in [2.24, 2.45) is 0 Å². The number of hydrogen-bond donors (Lipinski definition) is 9. The van der Waals surface area contributed by atoms with Crippen LogP contribution in [0.5, 0.6) is 0 Å². The summed E-state index contributed by atoms with van der Waals surface area (Å²) in [7, 11) is 0. The Balaban J connectivity index is 0.000000357. The third-order valence-corrected chi connectivity index (χ3v) is 5.10. The molecule has 2 fully saturated rings. The quantitative estimate of drug-likeness (QED) is 0.202. The van der Waals surface area contributed by atoms with E-state index in [4.69, 9.17) is 29.5 Å². The van der Waals surface area contributed by atoms with Gasteiger partial charge < -0.3 is 60.2 Å². The van der Waals surface area contributed by atoms with Crippen molar-refractivity contribution in [1.82, 2.24) is 0 Å². The van der Waals surface area contributed by atoms with E-state index >= 15 is 0 Å². The first kappa shape index (κ1) is 26.0. The molecule has 0 bridgehead atoms. The molecule has 1 aromatic rings. The summed E-state index contributed by atoms with van der Waals surface area (Å²) in [4.78, 5) is 0. The Labute approximate surface area is 178 Å². The Kier molecular flexibility index (Phi) is 9.69. The minimum absolute atomic E-state index is 0.140. The zero-order chi connectivity index (χ0) is 23.2. The van der Waals surface area contributed by atoms with Crippen LogP contribution in [0.1, 0.15) is 5.56 Å². The molecular weight excluding hydrogens is 420 g/mol. The molecule has 0 unspecified atom stereocenters. The van der Waals surface area contributed by atoms with Crippen LogP contribution in [-0.2, 0) is 20.8 Å². The van der Waals surface area contributed by atoms with Gasteiger partial charge in [-0.1, -0.05) is 30.3 Å². The van der Waals surface area contributed by atoms with Crippen LogP contribution in [0, 0.1) is 0 Å². The molecule has 1 aromatic carbocycles. The van der Waals surface area contributed by atoms with Crippen LogP contribution in [0.25, 0.3) is 0 Å². The number of ether oxygens (including phenoxy) is 3. The van der Waals surface area contributed by atoms with Gasteiger partial charge in [0.25, 0.3) is 0 Å². The summed E-state index contributed by atoms with van der Waals surface area (Å²) in [6.45, 7) is -2.18. The van der Waals surface area contributed by atoms with Gasteiger partial charge in [0.05, 0.1) is 19.8 Å². The highest BCUT2D eigenvalue weighted by atomic mass is 16.8. The zero-order valence-electron chi connectivity index (χ0n) is 16.6. The van der Waals surface area contributed by atoms with Gasteiger partial charge in [-0.05, 0) is 5.56 Å². The van der Waals surface area contributed by atoms with Crippen LogP contribution < -0.4 is 0 Å². The van der Waals surface area contributed by atoms with E-state index in [1.54, 1.807) is 0 Å². The largest absolute Gasteiger partial charge is 0.394 e. The van der Waals surface area contributed by atoms with E-state index in [0.29, 0.717) is 0 Å². The Morgan fingerprint density at radius 1 is 0.774 bits per heavy atom. The highest BCUT2D eigenvalue weighted by Crippen LogP contribution is 2.35. The van der Waals surface area contributed by atoms with Crippen LogP contribution in [0.4, 0.5) is 0 Å². The van der Waals surface area contributed by atoms with Crippen molar-refractivity contribution in [3.63, 3.8) is 0 Å². The van der Waals surface area contributed by atoms with Gasteiger partial charge in [0, 0.05) is 0 Å². The Morgan fingerprint density at radius 3 is 1.84 bits per heavy atom. The monoisotopic (exact) mass is 450 g/mol. The summed E-state index contributed by atoms with van der Waals surface area (Å²) < 4.78 is 15.4. The summed E-state index contributed by atoms with van der Waals surface area (Å²) in [5, 5.41) is 85.2. The molecule has 0 saturated carbocycles. The molecule has 0 amide bonds. The predicted octanol–water partition coefficient (Wildman–Crippen LogP) is -4.22. The molecule has 3 rings (SSSR count). The molecule has 12 nitrogen and oxygen atoms in total. The third-order valence-electron chi connectivity index (χ3n) is 5.10. The molecule has 2 aliphatic heterocycles. The molecule has 178 valence electrons. The molecule has 0 aliphatic carbocycles. The van der Waals surface area contributed by atoms with Gasteiger partial charge >= 0.3 is 0 Å². The SMILES string of the molecule is OC[C@H]1O[C@@](CO)(O[C@H]2O[C@H](CO)[C@@H](O)[C@H](O)[C@H]2O)[C@@H](O)[C@@H]1O.OCc1ccccc1. The van der Waals surface area contributed by atoms with Crippen molar-refractivity contribution in [1.29, 1.82) is 0 Å². The fourth-order valence-corrected chi connectivity index (χ4v) is 3.21. The van der Waals surface area contributed by atoms with Gasteiger partial charge in [-0.25, -0.2) is 0 Å². The summed E-state index contributed by atoms with van der Waals surface area (Å²) in [5.74, 6) is -2.22. The van der Waals surface area contributed by atoms with Crippen molar-refractivity contribution in [3.8, 4) is 0 Å². The molecule has 0 aromatic heterocycles. The van der Waals surface area contributed by atoms with Crippen molar-refractivity contribution in [2.45, 2.75) is 61.4 Å². The fraction of sp³-hybridized carbons (Fsp3) is 0.684. The number of hydrogen-bond acceptors (Lipinski definition) is 12. The second kappa shape index (κ2) is 11.6. The second-order valence-electron chi connectivity index (χ2n) is 7.20. The van der Waals surface area contributed by atoms with E-state index in [-0.39, 0.29) is 6.61 Å². The highest BCUT2D eigenvalue weighted by molar-refractivity contribution is 5.13. The lowest BCUT2D eigenvalue weighted by Crippen LogP contribution is -2.62. The standard InChI is InChI=1S/C12H22O11.C7H8O/c13-1-4-6(16)8(18)9(19)11(21-4)23-12(3-15)10(20)7(17)5(2-14)22-12;8-6-7-4-2-1-3-5-7/h4-11,13-20H,1-3H2;1-5,8H,6H2/t4-,5-,6-,7-,8+,9-,10+,11-,12+;/m1./s1. The number of aliphatic hydroxyl groups excluding tert-OH is 9. The summed E-state index contributed by atoms with van der Waals surface area (Å²) in [6, 6.07) is 9.52. The maximum absolute atomic E-state index is 10.00. The lowest BCUT2D eigenvalue weighted by molar-refractivity contribution is -0.383. The van der Waals surface area contributed by atoms with E-state index in [0.717, 1.165) is 5.56 Å². The zero-order valence-corrected chi connectivity index (χ0v) is 16.6. The first-order valence-electron chi connectivity index (χ1n) is 9.63. The Morgan fingerprint density at radius 2 is 1.39 bits per heavy atom. The van der Waals surface area contributed by atoms with E-state index in [9.17, 15) is 30.6 Å². The van der Waals surface area contributed by atoms with Gasteiger partial charge in [-0.3, -0.25) is 0 Å². The highest BCUT2D eigenvalue weighted by Gasteiger charge is 2.58. The molecule has 9 atom stereocenters. The van der Waals surface area contributed by atoms with Gasteiger partial charge in [0.15, 0.2) is 6.29 Å². The van der Waals surface area contributed by atoms with Crippen LogP contribution in [-0.4, -0.2) is 121 Å². The minimum atomic E-state index is -2.22. The van der Waals surface area contributed by atoms with Crippen LogP contribution in [0.3, 0.4) is 0 Å². The van der Waals surface area contributed by atoms with E-state index in [1.165, 1.54) is 0 Å². The molecule has 9 N–H and O–H groups in total. The molecule has 2 saturated heterocycles. The number of rotatable bonds is 6. The Bertz CT molecular complexity index is 646. The number of benzene rings is 1. The average Bonchev–Trinajstić information content (AvgIpc) is 3.05. The third kappa shape index (κ3) is 5.76. The van der Waals surface area contributed by atoms with Crippen LogP contribution in [0.2, 0.25) is 0 Å². The van der Waals surface area contributed by atoms with Crippen molar-refractivity contribution in [2.75, 3.05) is 19.8 Å². The summed E-state index contributed by atoms with van der Waals surface area (Å²) in [5.41, 5.74) is 0.965. The van der Waals surface area contributed by atoms with E-state index in [1.807, 2.05) is 30.3 Å². The van der Waals surface area contributed by atoms with Crippen molar-refractivity contribution in [3.05, 3.63) is 35.9 Å². The molecule has 2 aliphatic rings. The topological polar surface area (TPSA) is 210 Å². The normalized spacial score (nSPS) is 40.3. The molecule has 0 spiro atoms. The Hall–Kier alpha value is -1.26. The van der Waals surface area contributed by atoms with E-state index in [2.05, 4.69) is 0 Å². The van der Waals surface area contributed by atoms with Crippen LogP contribution in [0.15, 0.2) is 30.3 Å². The second-order valence-corrected chi connectivity index (χ2v) is 7.20. The maximum atomic E-state index is 10.00. The van der Waals surface area contributed by atoms with Crippen LogP contribution >= 0.6 is 0 Å². The first-order chi connectivity index (χ1) is 14.7. The smallest absolute Gasteiger partial charge is 0.224 e. The van der Waals surface area contributed by atoms with E-state index < -0.39 is 74.6 Å². The minimum Gasteiger partial charge on any atom is -0.394 e. The number of aliphatic hydroxyl groups is 9. The summed E-state index contributed by atoms with van der Waals surface area (Å²) in [6.07, 6.45) is -12.7. The lowest BCUT2D eigenvalue weighted by Gasteiger charge is -2.43. The molecule has 0 radical (unpaired) electrons. The molecule has 2 heterocycles. The average molecular weight is 450 g/mol. The van der Waals surface area contributed by atoms with Gasteiger partial charge in [0.1, 0.15) is 49.3 Å². The molecule has 31 heavy (non-hydrogen) atoms. The summed E-state index contributed by atoms with van der Waals surface area (Å²) >= 11 is 0. The lowest BCUT2D eigenvalue weighted by atomic mass is 9.99. The van der Waals surface area contributed by atoms with Crippen molar-refractivity contribution >= 4 is 0 Å². The predicted molar refractivity (Wildman–Crippen MR) is 101 cm³/mol. The van der Waals surface area contributed by atoms with Crippen molar-refractivity contribution < 1.29 is 60.2 Å². The van der Waals surface area contributed by atoms with Gasteiger partial charge in [-0.2, -0.15) is 0 Å². The molecular formula is C19H30O12.